The second-order valence-corrected chi connectivity index (χ2v) is 6.46. The average molecular weight is 472 g/mol. The summed E-state index contributed by atoms with van der Waals surface area (Å²) >= 11 is 4.51. The number of halogens is 2. The second-order valence-electron chi connectivity index (χ2n) is 2.62. The Morgan fingerprint density at radius 3 is 2.87 bits per heavy atom. The molecule has 0 radical (unpaired) electrons. The molecule has 1 rings (SSSR count). The number of hydrogen-bond donors (Lipinski definition) is 0. The molecule has 2 unspecified atom stereocenters. The van der Waals surface area contributed by atoms with Gasteiger partial charge in [-0.25, -0.2) is 4.45 Å². The van der Waals surface area contributed by atoms with Crippen molar-refractivity contribution in [3.63, 3.8) is 0 Å². The van der Waals surface area contributed by atoms with Crippen molar-refractivity contribution in [1.29, 1.82) is 0 Å². The Bertz CT molecular complexity index is 275. The summed E-state index contributed by atoms with van der Waals surface area (Å²) in [5, 5.41) is 4.37. The van der Waals surface area contributed by atoms with E-state index in [0.717, 1.165) is 18.7 Å². The summed E-state index contributed by atoms with van der Waals surface area (Å²) < 4.78 is 12.5. The molecule has 1 heterocycles. The molecule has 86 valence electrons. The van der Waals surface area contributed by atoms with Crippen LogP contribution in [0.25, 0.3) is 0 Å². The monoisotopic (exact) mass is 472 g/mol. The minimum Gasteiger partial charge on any atom is -0.379 e. The Morgan fingerprint density at radius 1 is 1.33 bits per heavy atom. The molecule has 15 heavy (non-hydrogen) atoms. The van der Waals surface area contributed by atoms with E-state index < -0.39 is 0 Å². The molecule has 1 aromatic heterocycles. The Morgan fingerprint density at radius 2 is 2.20 bits per heavy atom. The number of nitrogens with zero attached hydrogens (tertiary/aromatic N) is 2. The van der Waals surface area contributed by atoms with E-state index in [1.165, 1.54) is 0 Å². The smallest absolute Gasteiger partial charge is 0.0794 e. The fraction of sp³-hybridized carbons (Fsp3) is 0.571. The predicted octanol–water partition coefficient (Wildman–Crippen LogP) is 3.19. The normalized spacial score (nSPS) is 12.4. The molecule has 0 amide bonds. The van der Waals surface area contributed by atoms with Gasteiger partial charge in [-0.3, -0.25) is 0 Å². The predicted molar refractivity (Wildman–Crippen MR) is 82.8 cm³/mol. The third-order valence-corrected chi connectivity index (χ3v) is 4.77. The molecule has 0 aliphatic carbocycles. The van der Waals surface area contributed by atoms with Crippen molar-refractivity contribution in [3.05, 3.63) is 18.0 Å². The lowest BCUT2D eigenvalue weighted by Gasteiger charge is -2.02. The van der Waals surface area contributed by atoms with Crippen LogP contribution in [-0.4, -0.2) is 29.4 Å². The van der Waals surface area contributed by atoms with Crippen molar-refractivity contribution in [2.45, 2.75) is 6.42 Å². The van der Waals surface area contributed by atoms with Crippen molar-refractivity contribution >= 4 is 56.9 Å². The lowest BCUT2D eigenvalue weighted by molar-refractivity contribution is 0.108. The molecule has 0 aliphatic rings. The third kappa shape index (κ3) is 6.68. The first kappa shape index (κ1) is 14.5. The number of rotatable bonds is 8. The molecule has 0 bridgehead atoms. The van der Waals surface area contributed by atoms with Gasteiger partial charge in [-0.15, -0.1) is 0 Å². The van der Waals surface area contributed by atoms with Crippen LogP contribution in [0.3, 0.4) is 0 Å². The zero-order valence-corrected chi connectivity index (χ0v) is 14.3. The van der Waals surface area contributed by atoms with Crippen molar-refractivity contribution in [3.8, 4) is 0 Å². The van der Waals surface area contributed by atoms with Crippen LogP contribution >= 0.6 is 56.9 Å². The maximum Gasteiger partial charge on any atom is 0.0794 e. The van der Waals surface area contributed by atoms with Gasteiger partial charge in [-0.2, -0.15) is 5.10 Å². The van der Waals surface area contributed by atoms with E-state index in [1.807, 2.05) is 16.7 Å². The van der Waals surface area contributed by atoms with Gasteiger partial charge in [0, 0.05) is 12.6 Å². The van der Waals surface area contributed by atoms with Crippen LogP contribution in [0.2, 0.25) is 0 Å². The van der Waals surface area contributed by atoms with E-state index in [-0.39, 0.29) is 0 Å². The van der Waals surface area contributed by atoms with Crippen LogP contribution in [0.4, 0.5) is 0 Å². The molecule has 1 aromatic rings. The van der Waals surface area contributed by atoms with E-state index >= 15 is 0 Å². The van der Waals surface area contributed by atoms with Gasteiger partial charge in [-0.05, 0) is 50.1 Å². The van der Waals surface area contributed by atoms with E-state index in [9.17, 15) is 0 Å². The largest absolute Gasteiger partial charge is 0.379 e. The fourth-order valence-electron chi connectivity index (χ4n) is 0.960. The number of ether oxygens (including phenoxy) is 1. The van der Waals surface area contributed by atoms with E-state index in [0.29, 0.717) is 26.0 Å². The Labute approximate surface area is 119 Å². The van der Waals surface area contributed by atoms with Crippen LogP contribution in [0.5, 0.6) is 0 Å². The number of aromatic nitrogens is 2. The summed E-state index contributed by atoms with van der Waals surface area (Å²) in [4.78, 5) is 0. The summed E-state index contributed by atoms with van der Waals surface area (Å²) in [6, 6.07) is 2.04. The quantitative estimate of drug-likeness (QED) is 0.332. The highest BCUT2D eigenvalue weighted by Gasteiger charge is 1.98. The summed E-state index contributed by atoms with van der Waals surface area (Å²) in [6.45, 7) is 2.59. The molecule has 4 nitrogen and oxygen atoms in total. The fourth-order valence-corrected chi connectivity index (χ4v) is 2.88. The molecular formula is C7H12I2N2O2P2. The molecule has 0 spiro atoms. The minimum atomic E-state index is 0.520. The van der Waals surface area contributed by atoms with Gasteiger partial charge in [0.05, 0.1) is 38.3 Å². The zero-order chi connectivity index (χ0) is 10.9. The first-order valence-corrected chi connectivity index (χ1v) is 12.4. The van der Waals surface area contributed by atoms with Crippen molar-refractivity contribution in [1.82, 2.24) is 9.55 Å². The third-order valence-electron chi connectivity index (χ3n) is 1.62. The van der Waals surface area contributed by atoms with Gasteiger partial charge >= 0.3 is 0 Å². The van der Waals surface area contributed by atoms with Crippen molar-refractivity contribution in [2.24, 2.45) is 0 Å². The van der Waals surface area contributed by atoms with Crippen LogP contribution in [0, 0.1) is 0 Å². The highest BCUT2D eigenvalue weighted by molar-refractivity contribution is 14.2. The SMILES string of the molecule is IPOCCOCCc1ccn(PI)n1. The Kier molecular flexibility index (Phi) is 9.17. The summed E-state index contributed by atoms with van der Waals surface area (Å²) in [7, 11) is 0. The maximum absolute atomic E-state index is 5.41. The topological polar surface area (TPSA) is 36.3 Å². The molecular weight excluding hydrogens is 460 g/mol. The van der Waals surface area contributed by atoms with Gasteiger partial charge in [0.15, 0.2) is 0 Å². The minimum absolute atomic E-state index is 0.520. The highest BCUT2D eigenvalue weighted by atomic mass is 127. The molecule has 0 aliphatic heterocycles. The van der Waals surface area contributed by atoms with Gasteiger partial charge < -0.3 is 9.26 Å². The molecule has 0 aromatic carbocycles. The van der Waals surface area contributed by atoms with Gasteiger partial charge in [0.1, 0.15) is 0 Å². The van der Waals surface area contributed by atoms with Gasteiger partial charge in [0.2, 0.25) is 0 Å². The van der Waals surface area contributed by atoms with Crippen molar-refractivity contribution in [2.75, 3.05) is 19.8 Å². The van der Waals surface area contributed by atoms with E-state index in [4.69, 9.17) is 9.26 Å². The summed E-state index contributed by atoms with van der Waals surface area (Å²) in [5.74, 6) is 0. The van der Waals surface area contributed by atoms with Gasteiger partial charge in [-0.1, -0.05) is 0 Å². The van der Waals surface area contributed by atoms with Crippen molar-refractivity contribution < 1.29 is 9.26 Å². The first-order chi connectivity index (χ1) is 7.36. The van der Waals surface area contributed by atoms with Gasteiger partial charge in [0.25, 0.3) is 0 Å². The van der Waals surface area contributed by atoms with E-state index in [1.54, 1.807) is 0 Å². The molecule has 0 saturated carbocycles. The molecule has 0 fully saturated rings. The van der Waals surface area contributed by atoms with Crippen LogP contribution in [0.15, 0.2) is 12.3 Å². The lowest BCUT2D eigenvalue weighted by atomic mass is 10.3. The summed E-state index contributed by atoms with van der Waals surface area (Å²) in [5.41, 5.74) is 1.09. The first-order valence-electron chi connectivity index (χ1n) is 4.33. The standard InChI is InChI=1S/C7H12I2N2O2P2/c8-14-11-3-1-7(10-11)2-4-12-5-6-13-15-9/h1,3,14-15H,2,4-6H2. The van der Waals surface area contributed by atoms with Crippen LogP contribution in [-0.2, 0) is 15.7 Å². The highest BCUT2D eigenvalue weighted by Crippen LogP contribution is 2.22. The molecule has 0 saturated heterocycles. The average Bonchev–Trinajstić information content (AvgIpc) is 2.71. The molecule has 0 N–H and O–H groups in total. The molecule has 8 heteroatoms. The maximum atomic E-state index is 5.41. The van der Waals surface area contributed by atoms with Crippen LogP contribution < -0.4 is 0 Å². The number of hydrogen-bond acceptors (Lipinski definition) is 3. The Balaban J connectivity index is 2.04. The second kappa shape index (κ2) is 9.48. The summed E-state index contributed by atoms with van der Waals surface area (Å²) in [6.07, 6.45) is 3.55. The zero-order valence-electron chi connectivity index (χ0n) is 7.95. The lowest BCUT2D eigenvalue weighted by Crippen LogP contribution is -2.04. The van der Waals surface area contributed by atoms with Crippen LogP contribution in [0.1, 0.15) is 5.69 Å². The Hall–Kier alpha value is 1.45. The molecule has 2 atom stereocenters. The van der Waals surface area contributed by atoms with E-state index in [2.05, 4.69) is 49.2 Å².